The Bertz CT molecular complexity index is 581. The molecule has 1 saturated carbocycles. The van der Waals surface area contributed by atoms with Crippen LogP contribution in [0.3, 0.4) is 0 Å². The SMILES string of the molecule is COc1ccc(C(NC(=O)[C@@H]2CC[C@H](C(=O)O)O2)C2CC2)cc1. The zero-order chi connectivity index (χ0) is 16.4. The highest BCUT2D eigenvalue weighted by molar-refractivity contribution is 5.83. The molecule has 1 aliphatic carbocycles. The number of carboxylic acids is 1. The van der Waals surface area contributed by atoms with Crippen molar-refractivity contribution in [3.05, 3.63) is 29.8 Å². The van der Waals surface area contributed by atoms with E-state index >= 15 is 0 Å². The van der Waals surface area contributed by atoms with E-state index in [1.54, 1.807) is 7.11 Å². The van der Waals surface area contributed by atoms with Gasteiger partial charge in [-0.1, -0.05) is 12.1 Å². The van der Waals surface area contributed by atoms with Crippen LogP contribution < -0.4 is 10.1 Å². The fourth-order valence-electron chi connectivity index (χ4n) is 2.97. The van der Waals surface area contributed by atoms with Crippen LogP contribution in [0.5, 0.6) is 5.75 Å². The van der Waals surface area contributed by atoms with Crippen LogP contribution in [0, 0.1) is 5.92 Å². The maximum atomic E-state index is 12.4. The second-order valence-electron chi connectivity index (χ2n) is 6.13. The summed E-state index contributed by atoms with van der Waals surface area (Å²) in [6.07, 6.45) is 1.45. The van der Waals surface area contributed by atoms with Gasteiger partial charge in [0, 0.05) is 0 Å². The molecular weight excluding hydrogens is 298 g/mol. The summed E-state index contributed by atoms with van der Waals surface area (Å²) in [5.74, 6) is -0.0160. The lowest BCUT2D eigenvalue weighted by Gasteiger charge is -2.21. The summed E-state index contributed by atoms with van der Waals surface area (Å²) < 4.78 is 10.5. The van der Waals surface area contributed by atoms with Gasteiger partial charge in [-0.05, 0) is 49.3 Å². The number of hydrogen-bond acceptors (Lipinski definition) is 4. The fourth-order valence-corrected chi connectivity index (χ4v) is 2.97. The van der Waals surface area contributed by atoms with E-state index < -0.39 is 18.2 Å². The van der Waals surface area contributed by atoms with Crippen molar-refractivity contribution in [3.63, 3.8) is 0 Å². The van der Waals surface area contributed by atoms with Crippen molar-refractivity contribution in [2.45, 2.75) is 43.9 Å². The summed E-state index contributed by atoms with van der Waals surface area (Å²) >= 11 is 0. The quantitative estimate of drug-likeness (QED) is 0.836. The van der Waals surface area contributed by atoms with Gasteiger partial charge in [0.1, 0.15) is 11.9 Å². The molecule has 0 bridgehead atoms. The molecule has 6 heteroatoms. The van der Waals surface area contributed by atoms with Crippen LogP contribution in [0.1, 0.15) is 37.3 Å². The van der Waals surface area contributed by atoms with Crippen molar-refractivity contribution in [2.24, 2.45) is 5.92 Å². The Kier molecular flexibility index (Phi) is 4.52. The smallest absolute Gasteiger partial charge is 0.332 e. The molecule has 1 heterocycles. The summed E-state index contributed by atoms with van der Waals surface area (Å²) in [5, 5.41) is 12.0. The van der Waals surface area contributed by atoms with E-state index in [1.165, 1.54) is 0 Å². The van der Waals surface area contributed by atoms with E-state index in [0.717, 1.165) is 24.2 Å². The summed E-state index contributed by atoms with van der Waals surface area (Å²) in [7, 11) is 1.62. The van der Waals surface area contributed by atoms with E-state index in [2.05, 4.69) is 5.32 Å². The Labute approximate surface area is 134 Å². The Morgan fingerprint density at radius 3 is 2.35 bits per heavy atom. The first kappa shape index (κ1) is 15.8. The average molecular weight is 319 g/mol. The first-order chi connectivity index (χ1) is 11.1. The maximum absolute atomic E-state index is 12.4. The van der Waals surface area contributed by atoms with Gasteiger partial charge < -0.3 is 19.9 Å². The third-order valence-electron chi connectivity index (χ3n) is 4.45. The second kappa shape index (κ2) is 6.58. The molecule has 1 amide bonds. The Hall–Kier alpha value is -2.08. The number of carboxylic acid groups (broad SMARTS) is 1. The number of ether oxygens (including phenoxy) is 2. The van der Waals surface area contributed by atoms with Crippen LogP contribution in [0.2, 0.25) is 0 Å². The number of nitrogens with one attached hydrogen (secondary N) is 1. The minimum absolute atomic E-state index is 0.0547. The lowest BCUT2D eigenvalue weighted by atomic mass is 10.0. The Morgan fingerprint density at radius 2 is 1.83 bits per heavy atom. The summed E-state index contributed by atoms with van der Waals surface area (Å²) in [5.41, 5.74) is 1.04. The van der Waals surface area contributed by atoms with Crippen LogP contribution in [-0.2, 0) is 14.3 Å². The number of carbonyl (C=O) groups excluding carboxylic acids is 1. The number of methoxy groups -OCH3 is 1. The van der Waals surface area contributed by atoms with Gasteiger partial charge in [-0.3, -0.25) is 4.79 Å². The lowest BCUT2D eigenvalue weighted by Crippen LogP contribution is -2.38. The molecule has 2 fully saturated rings. The minimum atomic E-state index is -1.01. The first-order valence-corrected chi connectivity index (χ1v) is 7.91. The van der Waals surface area contributed by atoms with Crippen LogP contribution in [0.4, 0.5) is 0 Å². The fraction of sp³-hybridized carbons (Fsp3) is 0.529. The topological polar surface area (TPSA) is 84.9 Å². The van der Waals surface area contributed by atoms with Gasteiger partial charge in [0.25, 0.3) is 0 Å². The Morgan fingerprint density at radius 1 is 1.17 bits per heavy atom. The monoisotopic (exact) mass is 319 g/mol. The highest BCUT2D eigenvalue weighted by atomic mass is 16.5. The van der Waals surface area contributed by atoms with Crippen molar-refractivity contribution in [1.29, 1.82) is 0 Å². The average Bonchev–Trinajstić information content (AvgIpc) is 3.27. The van der Waals surface area contributed by atoms with Gasteiger partial charge in [-0.15, -0.1) is 0 Å². The molecule has 1 aromatic carbocycles. The molecule has 0 spiro atoms. The molecule has 2 N–H and O–H groups in total. The first-order valence-electron chi connectivity index (χ1n) is 7.91. The molecule has 1 saturated heterocycles. The van der Waals surface area contributed by atoms with Crippen LogP contribution in [-0.4, -0.2) is 36.3 Å². The van der Waals surface area contributed by atoms with Gasteiger partial charge in [0.05, 0.1) is 13.2 Å². The largest absolute Gasteiger partial charge is 0.497 e. The van der Waals surface area contributed by atoms with Crippen LogP contribution in [0.15, 0.2) is 24.3 Å². The van der Waals surface area contributed by atoms with Gasteiger partial charge >= 0.3 is 5.97 Å². The highest BCUT2D eigenvalue weighted by Gasteiger charge is 2.38. The van der Waals surface area contributed by atoms with E-state index in [0.29, 0.717) is 18.8 Å². The molecular formula is C17H21NO5. The van der Waals surface area contributed by atoms with Crippen molar-refractivity contribution in [1.82, 2.24) is 5.32 Å². The van der Waals surface area contributed by atoms with Gasteiger partial charge in [-0.25, -0.2) is 4.79 Å². The molecule has 3 rings (SSSR count). The predicted molar refractivity (Wildman–Crippen MR) is 82.1 cm³/mol. The molecule has 3 atom stereocenters. The van der Waals surface area contributed by atoms with Gasteiger partial charge in [-0.2, -0.15) is 0 Å². The molecule has 0 radical (unpaired) electrons. The van der Waals surface area contributed by atoms with Crippen molar-refractivity contribution >= 4 is 11.9 Å². The van der Waals surface area contributed by atoms with Crippen molar-refractivity contribution in [3.8, 4) is 5.75 Å². The minimum Gasteiger partial charge on any atom is -0.497 e. The number of amides is 1. The van der Waals surface area contributed by atoms with Crippen LogP contribution >= 0.6 is 0 Å². The van der Waals surface area contributed by atoms with Gasteiger partial charge in [0.15, 0.2) is 6.10 Å². The van der Waals surface area contributed by atoms with Crippen molar-refractivity contribution in [2.75, 3.05) is 7.11 Å². The third kappa shape index (κ3) is 3.64. The van der Waals surface area contributed by atoms with Crippen molar-refractivity contribution < 1.29 is 24.2 Å². The number of benzene rings is 1. The molecule has 1 aliphatic heterocycles. The molecule has 1 aromatic rings. The normalized spacial score (nSPS) is 24.9. The molecule has 23 heavy (non-hydrogen) atoms. The molecule has 124 valence electrons. The van der Waals surface area contributed by atoms with E-state index in [9.17, 15) is 9.59 Å². The van der Waals surface area contributed by atoms with E-state index in [4.69, 9.17) is 14.6 Å². The van der Waals surface area contributed by atoms with E-state index in [-0.39, 0.29) is 11.9 Å². The summed E-state index contributed by atoms with van der Waals surface area (Å²) in [6.45, 7) is 0. The molecule has 6 nitrogen and oxygen atoms in total. The summed E-state index contributed by atoms with van der Waals surface area (Å²) in [6, 6.07) is 7.61. The standard InChI is InChI=1S/C17H21NO5/c1-22-12-6-4-11(5-7-12)15(10-2-3-10)18-16(19)13-8-9-14(23-13)17(20)21/h4-7,10,13-15H,2-3,8-9H2,1H3,(H,18,19)(H,20,21)/t13-,14+,15?/m0/s1. The third-order valence-corrected chi connectivity index (χ3v) is 4.45. The number of carbonyl (C=O) groups is 2. The Balaban J connectivity index is 1.65. The summed E-state index contributed by atoms with van der Waals surface area (Å²) in [4.78, 5) is 23.3. The highest BCUT2D eigenvalue weighted by Crippen LogP contribution is 2.41. The number of aliphatic carboxylic acids is 1. The number of rotatable bonds is 6. The zero-order valence-corrected chi connectivity index (χ0v) is 13.0. The van der Waals surface area contributed by atoms with Gasteiger partial charge in [0.2, 0.25) is 5.91 Å². The predicted octanol–water partition coefficient (Wildman–Crippen LogP) is 1.89. The maximum Gasteiger partial charge on any atom is 0.332 e. The molecule has 1 unspecified atom stereocenters. The number of hydrogen-bond donors (Lipinski definition) is 2. The van der Waals surface area contributed by atoms with Crippen LogP contribution in [0.25, 0.3) is 0 Å². The lowest BCUT2D eigenvalue weighted by molar-refractivity contribution is -0.152. The molecule has 0 aromatic heterocycles. The van der Waals surface area contributed by atoms with E-state index in [1.807, 2.05) is 24.3 Å². The molecule has 2 aliphatic rings. The zero-order valence-electron chi connectivity index (χ0n) is 13.0. The second-order valence-corrected chi connectivity index (χ2v) is 6.13.